The highest BCUT2D eigenvalue weighted by Gasteiger charge is 2.11. The molecule has 0 aliphatic heterocycles. The number of hydrogen-bond donors (Lipinski definition) is 1. The van der Waals surface area contributed by atoms with E-state index in [2.05, 4.69) is 4.98 Å². The molecule has 0 amide bonds. The van der Waals surface area contributed by atoms with Crippen LogP contribution in [0.3, 0.4) is 0 Å². The number of para-hydroxylation sites is 1. The van der Waals surface area contributed by atoms with Crippen molar-refractivity contribution in [2.24, 2.45) is 0 Å². The topological polar surface area (TPSA) is 42.4 Å². The molecule has 0 aliphatic carbocycles. The van der Waals surface area contributed by atoms with Gasteiger partial charge in [-0.05, 0) is 23.3 Å². The van der Waals surface area contributed by atoms with Crippen LogP contribution in [-0.2, 0) is 6.42 Å². The maximum absolute atomic E-state index is 10.1. The largest absolute Gasteiger partial charge is 0.496 e. The summed E-state index contributed by atoms with van der Waals surface area (Å²) in [5.41, 5.74) is 1.81. The van der Waals surface area contributed by atoms with E-state index >= 15 is 0 Å². The smallest absolute Gasteiger partial charge is 0.122 e. The summed E-state index contributed by atoms with van der Waals surface area (Å²) in [6.45, 7) is 0. The number of aromatic nitrogens is 1. The van der Waals surface area contributed by atoms with Crippen LogP contribution in [0, 0.1) is 0 Å². The first-order valence-electron chi connectivity index (χ1n) is 5.51. The summed E-state index contributed by atoms with van der Waals surface area (Å²) in [6.07, 6.45) is 3.34. The molecule has 1 unspecified atom stereocenters. The molecule has 1 atom stereocenters. The summed E-state index contributed by atoms with van der Waals surface area (Å²) in [5.74, 6) is 0.801. The Hall–Kier alpha value is -1.87. The van der Waals surface area contributed by atoms with Crippen molar-refractivity contribution in [1.29, 1.82) is 0 Å². The van der Waals surface area contributed by atoms with Gasteiger partial charge in [0.2, 0.25) is 0 Å². The van der Waals surface area contributed by atoms with Crippen molar-refractivity contribution in [2.45, 2.75) is 12.5 Å². The average molecular weight is 229 g/mol. The van der Waals surface area contributed by atoms with E-state index in [9.17, 15) is 5.11 Å². The van der Waals surface area contributed by atoms with Gasteiger partial charge in [-0.1, -0.05) is 24.3 Å². The molecule has 0 fully saturated rings. The zero-order valence-electron chi connectivity index (χ0n) is 9.71. The molecule has 1 aromatic heterocycles. The number of ether oxygens (including phenoxy) is 1. The molecule has 88 valence electrons. The lowest BCUT2D eigenvalue weighted by Crippen LogP contribution is -2.03. The molecule has 1 N–H and O–H groups in total. The maximum Gasteiger partial charge on any atom is 0.122 e. The monoisotopic (exact) mass is 229 g/mol. The van der Waals surface area contributed by atoms with Crippen LogP contribution in [0.2, 0.25) is 0 Å². The highest BCUT2D eigenvalue weighted by atomic mass is 16.5. The third-order valence-corrected chi connectivity index (χ3v) is 2.67. The van der Waals surface area contributed by atoms with Crippen LogP contribution < -0.4 is 4.74 Å². The molecule has 2 rings (SSSR count). The lowest BCUT2D eigenvalue weighted by Gasteiger charge is -2.13. The molecule has 2 aromatic rings. The minimum absolute atomic E-state index is 0.524. The van der Waals surface area contributed by atoms with Crippen LogP contribution in [0.5, 0.6) is 5.75 Å². The van der Waals surface area contributed by atoms with E-state index in [1.807, 2.05) is 36.4 Å². The molecule has 0 spiro atoms. The Balaban J connectivity index is 2.16. The molecule has 1 aromatic carbocycles. The molecule has 0 saturated carbocycles. The van der Waals surface area contributed by atoms with Crippen LogP contribution in [0.15, 0.2) is 48.8 Å². The van der Waals surface area contributed by atoms with Gasteiger partial charge in [-0.2, -0.15) is 0 Å². The highest BCUT2D eigenvalue weighted by Crippen LogP contribution is 2.24. The highest BCUT2D eigenvalue weighted by molar-refractivity contribution is 5.34. The number of aliphatic hydroxyl groups excluding tert-OH is 1. The van der Waals surface area contributed by atoms with Gasteiger partial charge in [0.05, 0.1) is 13.2 Å². The number of benzene rings is 1. The van der Waals surface area contributed by atoms with Crippen molar-refractivity contribution in [3.05, 3.63) is 59.9 Å². The second kappa shape index (κ2) is 5.46. The standard InChI is InChI=1S/C14H15NO2/c1-17-14-7-3-2-5-11(14)9-13(16)12-6-4-8-15-10-12/h2-8,10,13,16H,9H2,1H3. The van der Waals surface area contributed by atoms with Gasteiger partial charge in [0.15, 0.2) is 0 Å². The summed E-state index contributed by atoms with van der Waals surface area (Å²) in [7, 11) is 1.63. The number of aliphatic hydroxyl groups is 1. The number of hydrogen-bond acceptors (Lipinski definition) is 3. The molecule has 0 saturated heterocycles. The minimum Gasteiger partial charge on any atom is -0.496 e. The first kappa shape index (κ1) is 11.6. The van der Waals surface area contributed by atoms with Crippen molar-refractivity contribution < 1.29 is 9.84 Å². The number of nitrogens with zero attached hydrogens (tertiary/aromatic N) is 1. The molecular weight excluding hydrogens is 214 g/mol. The fourth-order valence-electron chi connectivity index (χ4n) is 1.77. The van der Waals surface area contributed by atoms with E-state index in [4.69, 9.17) is 4.74 Å². The average Bonchev–Trinajstić information content (AvgIpc) is 2.40. The van der Waals surface area contributed by atoms with Gasteiger partial charge in [-0.25, -0.2) is 0 Å². The van der Waals surface area contributed by atoms with E-state index in [-0.39, 0.29) is 0 Å². The van der Waals surface area contributed by atoms with E-state index in [1.165, 1.54) is 0 Å². The zero-order valence-corrected chi connectivity index (χ0v) is 9.71. The van der Waals surface area contributed by atoms with Crippen LogP contribution in [0.25, 0.3) is 0 Å². The second-order valence-corrected chi connectivity index (χ2v) is 3.82. The van der Waals surface area contributed by atoms with E-state index in [0.717, 1.165) is 16.9 Å². The van der Waals surface area contributed by atoms with Crippen molar-refractivity contribution >= 4 is 0 Å². The maximum atomic E-state index is 10.1. The molecular formula is C14H15NO2. The molecule has 3 nitrogen and oxygen atoms in total. The van der Waals surface area contributed by atoms with Crippen LogP contribution >= 0.6 is 0 Å². The summed E-state index contributed by atoms with van der Waals surface area (Å²) < 4.78 is 5.26. The molecule has 1 heterocycles. The predicted octanol–water partition coefficient (Wildman–Crippen LogP) is 2.37. The lowest BCUT2D eigenvalue weighted by atomic mass is 10.0. The van der Waals surface area contributed by atoms with Crippen molar-refractivity contribution in [3.63, 3.8) is 0 Å². The second-order valence-electron chi connectivity index (χ2n) is 3.82. The Morgan fingerprint density at radius 1 is 1.24 bits per heavy atom. The van der Waals surface area contributed by atoms with Crippen LogP contribution in [0.4, 0.5) is 0 Å². The minimum atomic E-state index is -0.556. The molecule has 0 aliphatic rings. The molecule has 3 heteroatoms. The third-order valence-electron chi connectivity index (χ3n) is 2.67. The Labute approximate surface area is 101 Å². The van der Waals surface area contributed by atoms with Crippen LogP contribution in [0.1, 0.15) is 17.2 Å². The number of methoxy groups -OCH3 is 1. The Morgan fingerprint density at radius 3 is 2.76 bits per heavy atom. The van der Waals surface area contributed by atoms with Gasteiger partial charge in [-0.3, -0.25) is 4.98 Å². The Kier molecular flexibility index (Phi) is 3.73. The number of pyridine rings is 1. The predicted molar refractivity (Wildman–Crippen MR) is 65.9 cm³/mol. The Morgan fingerprint density at radius 2 is 2.06 bits per heavy atom. The lowest BCUT2D eigenvalue weighted by molar-refractivity contribution is 0.177. The van der Waals surface area contributed by atoms with Gasteiger partial charge >= 0.3 is 0 Å². The molecule has 17 heavy (non-hydrogen) atoms. The fourth-order valence-corrected chi connectivity index (χ4v) is 1.77. The van der Waals surface area contributed by atoms with Gasteiger partial charge < -0.3 is 9.84 Å². The summed E-state index contributed by atoms with van der Waals surface area (Å²) in [5, 5.41) is 10.1. The normalized spacial score (nSPS) is 12.1. The molecule has 0 bridgehead atoms. The SMILES string of the molecule is COc1ccccc1CC(O)c1cccnc1. The molecule has 0 radical (unpaired) electrons. The van der Waals surface area contributed by atoms with Crippen LogP contribution in [-0.4, -0.2) is 17.2 Å². The first-order chi connectivity index (χ1) is 8.31. The van der Waals surface area contributed by atoms with Crippen molar-refractivity contribution in [2.75, 3.05) is 7.11 Å². The van der Waals surface area contributed by atoms with Gasteiger partial charge in [0, 0.05) is 18.8 Å². The van der Waals surface area contributed by atoms with E-state index in [1.54, 1.807) is 19.5 Å². The summed E-state index contributed by atoms with van der Waals surface area (Å²) >= 11 is 0. The number of rotatable bonds is 4. The quantitative estimate of drug-likeness (QED) is 0.875. The van der Waals surface area contributed by atoms with Gasteiger partial charge in [0.1, 0.15) is 5.75 Å². The van der Waals surface area contributed by atoms with Crippen molar-refractivity contribution in [3.8, 4) is 5.75 Å². The summed E-state index contributed by atoms with van der Waals surface area (Å²) in [6, 6.07) is 11.4. The van der Waals surface area contributed by atoms with Gasteiger partial charge in [0.25, 0.3) is 0 Å². The van der Waals surface area contributed by atoms with E-state index < -0.39 is 6.10 Å². The first-order valence-corrected chi connectivity index (χ1v) is 5.51. The fraction of sp³-hybridized carbons (Fsp3) is 0.214. The summed E-state index contributed by atoms with van der Waals surface area (Å²) in [4.78, 5) is 4.00. The van der Waals surface area contributed by atoms with Gasteiger partial charge in [-0.15, -0.1) is 0 Å². The van der Waals surface area contributed by atoms with E-state index in [0.29, 0.717) is 6.42 Å². The zero-order chi connectivity index (χ0) is 12.1. The van der Waals surface area contributed by atoms with Crippen molar-refractivity contribution in [1.82, 2.24) is 4.98 Å². The third kappa shape index (κ3) is 2.82. The Bertz CT molecular complexity index is 471.